The van der Waals surface area contributed by atoms with Gasteiger partial charge in [-0.15, -0.1) is 0 Å². The van der Waals surface area contributed by atoms with Crippen LogP contribution in [0.15, 0.2) is 0 Å². The number of hydrogen-bond donors (Lipinski definition) is 2. The molecule has 3 N–H and O–H groups in total. The number of thiocarbonyl (C=S) groups is 1. The topological polar surface area (TPSA) is 67.6 Å². The van der Waals surface area contributed by atoms with Gasteiger partial charge in [0.2, 0.25) is 5.91 Å². The van der Waals surface area contributed by atoms with Crippen molar-refractivity contribution in [1.29, 1.82) is 0 Å². The van der Waals surface area contributed by atoms with Gasteiger partial charge in [-0.1, -0.05) is 12.2 Å². The van der Waals surface area contributed by atoms with E-state index in [9.17, 15) is 4.79 Å². The standard InChI is InChI=1S/C10H19N3O2S/c1-15-6-4-12-9(14)7-13-5-2-3-8(13)10(11)16/h8H,2-7H2,1H3,(H2,11,16)(H,12,14). The van der Waals surface area contributed by atoms with Gasteiger partial charge in [-0.3, -0.25) is 9.69 Å². The van der Waals surface area contributed by atoms with Gasteiger partial charge in [-0.2, -0.15) is 0 Å². The Morgan fingerprint density at radius 1 is 1.69 bits per heavy atom. The molecule has 0 aromatic heterocycles. The van der Waals surface area contributed by atoms with Gasteiger partial charge in [0.15, 0.2) is 0 Å². The van der Waals surface area contributed by atoms with Crippen LogP contribution in [0, 0.1) is 0 Å². The molecule has 0 bridgehead atoms. The minimum Gasteiger partial charge on any atom is -0.392 e. The summed E-state index contributed by atoms with van der Waals surface area (Å²) in [6.45, 7) is 2.33. The number of carbonyl (C=O) groups is 1. The number of rotatable bonds is 6. The number of nitrogens with two attached hydrogens (primary N) is 1. The average Bonchev–Trinajstić information content (AvgIpc) is 2.66. The molecule has 1 atom stereocenters. The van der Waals surface area contributed by atoms with Gasteiger partial charge in [0.1, 0.15) is 0 Å². The number of methoxy groups -OCH3 is 1. The molecule has 1 aliphatic rings. The molecule has 6 heteroatoms. The molecule has 0 saturated carbocycles. The fraction of sp³-hybridized carbons (Fsp3) is 0.800. The smallest absolute Gasteiger partial charge is 0.234 e. The monoisotopic (exact) mass is 245 g/mol. The third-order valence-electron chi connectivity index (χ3n) is 2.67. The number of ether oxygens (including phenoxy) is 1. The maximum Gasteiger partial charge on any atom is 0.234 e. The first-order valence-electron chi connectivity index (χ1n) is 5.44. The summed E-state index contributed by atoms with van der Waals surface area (Å²) in [4.78, 5) is 14.1. The third kappa shape index (κ3) is 4.03. The molecule has 0 aliphatic carbocycles. The molecular weight excluding hydrogens is 226 g/mol. The second-order valence-electron chi connectivity index (χ2n) is 3.87. The van der Waals surface area contributed by atoms with E-state index in [1.807, 2.05) is 4.90 Å². The minimum atomic E-state index is 0.000185. The van der Waals surface area contributed by atoms with Crippen molar-refractivity contribution in [2.75, 3.05) is 33.4 Å². The van der Waals surface area contributed by atoms with Gasteiger partial charge in [0.25, 0.3) is 0 Å². The molecule has 0 aromatic rings. The summed E-state index contributed by atoms with van der Waals surface area (Å²) in [7, 11) is 1.61. The Bertz CT molecular complexity index is 260. The van der Waals surface area contributed by atoms with Gasteiger partial charge >= 0.3 is 0 Å². The molecule has 0 radical (unpaired) electrons. The van der Waals surface area contributed by atoms with Crippen LogP contribution in [0.3, 0.4) is 0 Å². The van der Waals surface area contributed by atoms with E-state index in [1.54, 1.807) is 7.11 Å². The van der Waals surface area contributed by atoms with Crippen molar-refractivity contribution in [2.45, 2.75) is 18.9 Å². The van der Waals surface area contributed by atoms with E-state index >= 15 is 0 Å². The van der Waals surface area contributed by atoms with E-state index < -0.39 is 0 Å². The predicted octanol–water partition coefficient (Wildman–Crippen LogP) is -0.500. The van der Waals surface area contributed by atoms with Crippen LogP contribution in [-0.2, 0) is 9.53 Å². The van der Waals surface area contributed by atoms with Crippen LogP contribution in [0.25, 0.3) is 0 Å². The lowest BCUT2D eigenvalue weighted by Crippen LogP contribution is -2.45. The molecule has 1 aliphatic heterocycles. The lowest BCUT2D eigenvalue weighted by molar-refractivity contribution is -0.122. The Morgan fingerprint density at radius 2 is 2.44 bits per heavy atom. The normalized spacial score (nSPS) is 20.9. The molecule has 1 amide bonds. The van der Waals surface area contributed by atoms with E-state index in [1.165, 1.54) is 0 Å². The Morgan fingerprint density at radius 3 is 3.06 bits per heavy atom. The summed E-state index contributed by atoms with van der Waals surface area (Å²) in [5.41, 5.74) is 5.62. The van der Waals surface area contributed by atoms with Crippen molar-refractivity contribution in [2.24, 2.45) is 5.73 Å². The Hall–Kier alpha value is -0.720. The van der Waals surface area contributed by atoms with Gasteiger partial charge < -0.3 is 15.8 Å². The van der Waals surface area contributed by atoms with Crippen molar-refractivity contribution in [3.8, 4) is 0 Å². The lowest BCUT2D eigenvalue weighted by Gasteiger charge is -2.22. The van der Waals surface area contributed by atoms with Crippen molar-refractivity contribution in [3.63, 3.8) is 0 Å². The molecule has 1 fully saturated rings. The average molecular weight is 245 g/mol. The number of hydrogen-bond acceptors (Lipinski definition) is 4. The van der Waals surface area contributed by atoms with Gasteiger partial charge in [0.05, 0.1) is 24.2 Å². The Kier molecular flexibility index (Phi) is 5.65. The van der Waals surface area contributed by atoms with Crippen molar-refractivity contribution < 1.29 is 9.53 Å². The molecule has 92 valence electrons. The van der Waals surface area contributed by atoms with Crippen LogP contribution in [0.1, 0.15) is 12.8 Å². The van der Waals surface area contributed by atoms with Crippen molar-refractivity contribution >= 4 is 23.1 Å². The summed E-state index contributed by atoms with van der Waals surface area (Å²) in [5, 5.41) is 2.78. The first-order chi connectivity index (χ1) is 7.65. The first kappa shape index (κ1) is 13.3. The van der Waals surface area contributed by atoms with E-state index in [4.69, 9.17) is 22.7 Å². The molecular formula is C10H19N3O2S. The van der Waals surface area contributed by atoms with Crippen LogP contribution >= 0.6 is 12.2 Å². The number of carbonyl (C=O) groups excluding carboxylic acids is 1. The second kappa shape index (κ2) is 6.78. The molecule has 5 nitrogen and oxygen atoms in total. The molecule has 1 rings (SSSR count). The highest BCUT2D eigenvalue weighted by atomic mass is 32.1. The van der Waals surface area contributed by atoms with Gasteiger partial charge in [0, 0.05) is 13.7 Å². The minimum absolute atomic E-state index is 0.000185. The van der Waals surface area contributed by atoms with Crippen molar-refractivity contribution in [1.82, 2.24) is 10.2 Å². The van der Waals surface area contributed by atoms with Crippen LogP contribution in [0.4, 0.5) is 0 Å². The summed E-state index contributed by atoms with van der Waals surface area (Å²) < 4.78 is 4.85. The zero-order chi connectivity index (χ0) is 12.0. The van der Waals surface area contributed by atoms with E-state index in [-0.39, 0.29) is 11.9 Å². The molecule has 1 unspecified atom stereocenters. The highest BCUT2D eigenvalue weighted by Gasteiger charge is 2.27. The fourth-order valence-electron chi connectivity index (χ4n) is 1.87. The largest absolute Gasteiger partial charge is 0.392 e. The maximum absolute atomic E-state index is 11.5. The maximum atomic E-state index is 11.5. The molecule has 1 heterocycles. The van der Waals surface area contributed by atoms with E-state index in [0.29, 0.717) is 24.7 Å². The highest BCUT2D eigenvalue weighted by Crippen LogP contribution is 2.16. The molecule has 0 aromatic carbocycles. The number of nitrogens with one attached hydrogen (secondary N) is 1. The van der Waals surface area contributed by atoms with Crippen LogP contribution in [-0.4, -0.2) is 55.2 Å². The fourth-order valence-corrected chi connectivity index (χ4v) is 2.14. The van der Waals surface area contributed by atoms with Crippen LogP contribution < -0.4 is 11.1 Å². The zero-order valence-corrected chi connectivity index (χ0v) is 10.4. The first-order valence-corrected chi connectivity index (χ1v) is 5.85. The summed E-state index contributed by atoms with van der Waals surface area (Å²) >= 11 is 4.98. The van der Waals surface area contributed by atoms with Crippen molar-refractivity contribution in [3.05, 3.63) is 0 Å². The Balaban J connectivity index is 2.30. The quantitative estimate of drug-likeness (QED) is 0.488. The number of amides is 1. The summed E-state index contributed by atoms with van der Waals surface area (Å²) in [6.07, 6.45) is 2.01. The number of nitrogens with zero attached hydrogens (tertiary/aromatic N) is 1. The second-order valence-corrected chi connectivity index (χ2v) is 4.35. The summed E-state index contributed by atoms with van der Waals surface area (Å²) in [6, 6.07) is 0.0863. The summed E-state index contributed by atoms with van der Waals surface area (Å²) in [5.74, 6) is 0.000185. The van der Waals surface area contributed by atoms with Crippen LogP contribution in [0.2, 0.25) is 0 Å². The zero-order valence-electron chi connectivity index (χ0n) is 9.57. The molecule has 16 heavy (non-hydrogen) atoms. The van der Waals surface area contributed by atoms with E-state index in [2.05, 4.69) is 5.32 Å². The molecule has 0 spiro atoms. The molecule has 1 saturated heterocycles. The lowest BCUT2D eigenvalue weighted by atomic mass is 10.2. The SMILES string of the molecule is COCCNC(=O)CN1CCCC1C(N)=S. The number of likely N-dealkylation sites (tertiary alicyclic amines) is 1. The highest BCUT2D eigenvalue weighted by molar-refractivity contribution is 7.80. The van der Waals surface area contributed by atoms with Crippen LogP contribution in [0.5, 0.6) is 0 Å². The van der Waals surface area contributed by atoms with Gasteiger partial charge in [-0.25, -0.2) is 0 Å². The van der Waals surface area contributed by atoms with E-state index in [0.717, 1.165) is 19.4 Å². The Labute approximate surface area is 101 Å². The third-order valence-corrected chi connectivity index (χ3v) is 2.94. The van der Waals surface area contributed by atoms with Gasteiger partial charge in [-0.05, 0) is 19.4 Å². The predicted molar refractivity (Wildman–Crippen MR) is 66.3 cm³/mol.